The normalized spacial score (nSPS) is 23.1. The zero-order valence-corrected chi connectivity index (χ0v) is 13.6. The molecule has 1 saturated heterocycles. The van der Waals surface area contributed by atoms with Gasteiger partial charge < -0.3 is 5.32 Å². The van der Waals surface area contributed by atoms with E-state index in [0.29, 0.717) is 12.0 Å². The van der Waals surface area contributed by atoms with Crippen LogP contribution in [0, 0.1) is 12.8 Å². The molecule has 2 aromatic heterocycles. The van der Waals surface area contributed by atoms with Gasteiger partial charge in [-0.15, -0.1) is 11.3 Å². The largest absolute Gasteiger partial charge is 0.385 e. The van der Waals surface area contributed by atoms with E-state index in [0.717, 1.165) is 12.2 Å². The van der Waals surface area contributed by atoms with Crippen LogP contribution >= 0.6 is 11.3 Å². The van der Waals surface area contributed by atoms with Crippen molar-refractivity contribution in [3.8, 4) is 0 Å². The number of aryl methyl sites for hydroxylation is 1. The molecule has 1 aliphatic rings. The summed E-state index contributed by atoms with van der Waals surface area (Å²) in [5.41, 5.74) is 2.25. The third kappa shape index (κ3) is 3.44. The number of nitrogens with one attached hydrogen (secondary N) is 1. The maximum absolute atomic E-state index is 4.26. The molecule has 21 heavy (non-hydrogen) atoms. The average Bonchev–Trinajstić information content (AvgIpc) is 2.99. The van der Waals surface area contributed by atoms with E-state index in [1.807, 2.05) is 24.5 Å². The first-order chi connectivity index (χ1) is 10.2. The monoisotopic (exact) mass is 301 g/mol. The highest BCUT2D eigenvalue weighted by atomic mass is 32.1. The maximum atomic E-state index is 4.26. The fourth-order valence-corrected chi connectivity index (χ4v) is 4.27. The Bertz CT molecular complexity index is 567. The van der Waals surface area contributed by atoms with Crippen molar-refractivity contribution in [1.29, 1.82) is 0 Å². The molecule has 4 heteroatoms. The van der Waals surface area contributed by atoms with Crippen molar-refractivity contribution in [2.45, 2.75) is 25.8 Å². The third-order valence-electron chi connectivity index (χ3n) is 4.31. The molecule has 0 aliphatic carbocycles. The Labute approximate surface area is 131 Å². The van der Waals surface area contributed by atoms with Crippen molar-refractivity contribution in [2.75, 3.05) is 25.5 Å². The molecule has 2 unspecified atom stereocenters. The number of anilines is 1. The molecule has 1 N–H and O–H groups in total. The summed E-state index contributed by atoms with van der Waals surface area (Å²) < 4.78 is 0. The van der Waals surface area contributed by atoms with Crippen LogP contribution < -0.4 is 5.32 Å². The second kappa shape index (κ2) is 6.58. The van der Waals surface area contributed by atoms with Gasteiger partial charge in [0.15, 0.2) is 0 Å². The van der Waals surface area contributed by atoms with Gasteiger partial charge in [0.05, 0.1) is 0 Å². The van der Waals surface area contributed by atoms with Crippen molar-refractivity contribution in [2.24, 2.45) is 5.92 Å². The number of nitrogens with zero attached hydrogens (tertiary/aromatic N) is 2. The van der Waals surface area contributed by atoms with E-state index >= 15 is 0 Å². The molecule has 2 atom stereocenters. The van der Waals surface area contributed by atoms with Gasteiger partial charge in [0, 0.05) is 35.0 Å². The smallest absolute Gasteiger partial charge is 0.0483 e. The first-order valence-electron chi connectivity index (χ1n) is 7.64. The lowest BCUT2D eigenvalue weighted by Gasteiger charge is -2.39. The number of pyridine rings is 1. The van der Waals surface area contributed by atoms with Crippen molar-refractivity contribution < 1.29 is 0 Å². The summed E-state index contributed by atoms with van der Waals surface area (Å²) in [6.07, 6.45) is 4.46. The SMILES string of the molecule is Cc1cc(NCC2CCCN(C)C2c2cccs2)ccn1. The summed E-state index contributed by atoms with van der Waals surface area (Å²) >= 11 is 1.88. The number of thiophene rings is 1. The van der Waals surface area contributed by atoms with Crippen LogP contribution in [0.4, 0.5) is 5.69 Å². The number of likely N-dealkylation sites (tertiary alicyclic amines) is 1. The topological polar surface area (TPSA) is 28.2 Å². The molecule has 0 radical (unpaired) electrons. The summed E-state index contributed by atoms with van der Waals surface area (Å²) in [4.78, 5) is 8.26. The zero-order chi connectivity index (χ0) is 14.7. The molecule has 1 aliphatic heterocycles. The van der Waals surface area contributed by atoms with E-state index in [4.69, 9.17) is 0 Å². The Kier molecular flexibility index (Phi) is 4.56. The molecular weight excluding hydrogens is 278 g/mol. The fraction of sp³-hybridized carbons (Fsp3) is 0.471. The van der Waals surface area contributed by atoms with E-state index in [2.05, 4.69) is 51.9 Å². The van der Waals surface area contributed by atoms with Gasteiger partial charge >= 0.3 is 0 Å². The summed E-state index contributed by atoms with van der Waals surface area (Å²) in [5.74, 6) is 0.663. The van der Waals surface area contributed by atoms with E-state index in [-0.39, 0.29) is 0 Å². The van der Waals surface area contributed by atoms with Crippen LogP contribution in [-0.4, -0.2) is 30.0 Å². The van der Waals surface area contributed by atoms with Gasteiger partial charge in [0.1, 0.15) is 0 Å². The molecule has 3 nitrogen and oxygen atoms in total. The highest BCUT2D eigenvalue weighted by molar-refractivity contribution is 7.10. The lowest BCUT2D eigenvalue weighted by atomic mass is 9.88. The fourth-order valence-electron chi connectivity index (χ4n) is 3.29. The summed E-state index contributed by atoms with van der Waals surface area (Å²) in [7, 11) is 2.26. The molecule has 0 amide bonds. The van der Waals surface area contributed by atoms with Crippen LogP contribution in [0.15, 0.2) is 35.8 Å². The number of hydrogen-bond acceptors (Lipinski definition) is 4. The van der Waals surface area contributed by atoms with Crippen molar-refractivity contribution in [1.82, 2.24) is 9.88 Å². The van der Waals surface area contributed by atoms with Gasteiger partial charge in [-0.05, 0) is 62.9 Å². The highest BCUT2D eigenvalue weighted by Gasteiger charge is 2.30. The standard InChI is InChI=1S/C17H23N3S/c1-13-11-15(7-8-18-13)19-12-14-5-3-9-20(2)17(14)16-6-4-10-21-16/h4,6-8,10-11,14,17H,3,5,9,12H2,1-2H3,(H,18,19). The minimum Gasteiger partial charge on any atom is -0.385 e. The molecule has 0 spiro atoms. The maximum Gasteiger partial charge on any atom is 0.0483 e. The highest BCUT2D eigenvalue weighted by Crippen LogP contribution is 2.37. The van der Waals surface area contributed by atoms with Gasteiger partial charge in [0.25, 0.3) is 0 Å². The quantitative estimate of drug-likeness (QED) is 0.927. The Balaban J connectivity index is 1.70. The average molecular weight is 301 g/mol. The first kappa shape index (κ1) is 14.5. The lowest BCUT2D eigenvalue weighted by molar-refractivity contribution is 0.130. The number of aromatic nitrogens is 1. The number of hydrogen-bond donors (Lipinski definition) is 1. The van der Waals surface area contributed by atoms with Gasteiger partial charge in [-0.2, -0.15) is 0 Å². The Morgan fingerprint density at radius 2 is 2.33 bits per heavy atom. The van der Waals surface area contributed by atoms with E-state index in [1.165, 1.54) is 30.0 Å². The summed E-state index contributed by atoms with van der Waals surface area (Å²) in [5, 5.41) is 5.79. The molecule has 2 aromatic rings. The molecule has 0 saturated carbocycles. The summed E-state index contributed by atoms with van der Waals surface area (Å²) in [6.45, 7) is 4.26. The van der Waals surface area contributed by atoms with Crippen LogP contribution in [0.5, 0.6) is 0 Å². The molecule has 3 heterocycles. The van der Waals surface area contributed by atoms with E-state index < -0.39 is 0 Å². The first-order valence-corrected chi connectivity index (χ1v) is 8.52. The number of piperidine rings is 1. The van der Waals surface area contributed by atoms with E-state index in [9.17, 15) is 0 Å². The second-order valence-electron chi connectivity index (χ2n) is 5.91. The second-order valence-corrected chi connectivity index (χ2v) is 6.89. The molecule has 1 fully saturated rings. The zero-order valence-electron chi connectivity index (χ0n) is 12.7. The summed E-state index contributed by atoms with van der Waals surface area (Å²) in [6, 6.07) is 9.17. The third-order valence-corrected chi connectivity index (χ3v) is 5.25. The van der Waals surface area contributed by atoms with Crippen LogP contribution in [0.25, 0.3) is 0 Å². The Morgan fingerprint density at radius 3 is 3.10 bits per heavy atom. The molecule has 0 aromatic carbocycles. The van der Waals surface area contributed by atoms with Gasteiger partial charge in [-0.1, -0.05) is 6.07 Å². The minimum absolute atomic E-state index is 0.550. The van der Waals surface area contributed by atoms with Crippen LogP contribution in [0.2, 0.25) is 0 Å². The van der Waals surface area contributed by atoms with Crippen LogP contribution in [-0.2, 0) is 0 Å². The predicted octanol–water partition coefficient (Wildman–Crippen LogP) is 3.95. The van der Waals surface area contributed by atoms with E-state index in [1.54, 1.807) is 0 Å². The molecule has 0 bridgehead atoms. The minimum atomic E-state index is 0.550. The predicted molar refractivity (Wildman–Crippen MR) is 89.9 cm³/mol. The Morgan fingerprint density at radius 1 is 1.43 bits per heavy atom. The number of rotatable bonds is 4. The molecular formula is C17H23N3S. The van der Waals surface area contributed by atoms with Crippen molar-refractivity contribution in [3.05, 3.63) is 46.4 Å². The van der Waals surface area contributed by atoms with Gasteiger partial charge in [-0.3, -0.25) is 9.88 Å². The van der Waals surface area contributed by atoms with Crippen LogP contribution in [0.3, 0.4) is 0 Å². The van der Waals surface area contributed by atoms with Crippen molar-refractivity contribution >= 4 is 17.0 Å². The Hall–Kier alpha value is -1.39. The van der Waals surface area contributed by atoms with Gasteiger partial charge in [0.2, 0.25) is 0 Å². The van der Waals surface area contributed by atoms with Crippen molar-refractivity contribution in [3.63, 3.8) is 0 Å². The van der Waals surface area contributed by atoms with Gasteiger partial charge in [-0.25, -0.2) is 0 Å². The molecule has 112 valence electrons. The lowest BCUT2D eigenvalue weighted by Crippen LogP contribution is -2.38. The van der Waals surface area contributed by atoms with Crippen LogP contribution in [0.1, 0.15) is 29.5 Å². The molecule has 3 rings (SSSR count).